The average molecular weight is 447 g/mol. The molecule has 0 radical (unpaired) electrons. The Hall–Kier alpha value is -3.33. The van der Waals surface area contributed by atoms with Crippen molar-refractivity contribution in [3.63, 3.8) is 0 Å². The predicted molar refractivity (Wildman–Crippen MR) is 127 cm³/mol. The Morgan fingerprint density at radius 3 is 2.73 bits per heavy atom. The van der Waals surface area contributed by atoms with Crippen LogP contribution in [-0.4, -0.2) is 43.2 Å². The van der Waals surface area contributed by atoms with Crippen molar-refractivity contribution in [2.45, 2.75) is 65.7 Å². The minimum absolute atomic E-state index is 0.0693. The Bertz CT molecular complexity index is 1220. The summed E-state index contributed by atoms with van der Waals surface area (Å²) >= 11 is 0. The van der Waals surface area contributed by atoms with Gasteiger partial charge in [0.2, 0.25) is 0 Å². The van der Waals surface area contributed by atoms with E-state index < -0.39 is 0 Å². The van der Waals surface area contributed by atoms with Crippen LogP contribution in [0.2, 0.25) is 0 Å². The standard InChI is InChI=1S/C24H30N8O/c1-5-30-16(4)28-29-23(30)19-9-6-10-20(26-19)32-13-18-17(24(32)33)12-21(27-22(18)15(3)25)31-11-7-8-14(31)2/h6,9-10,12,14-15H,5,7-8,11,13,25H2,1-4H3/t14-,15+/m1/s1. The fraction of sp³-hybridized carbons (Fsp3) is 0.458. The molecule has 1 amide bonds. The van der Waals surface area contributed by atoms with Crippen LogP contribution in [-0.2, 0) is 13.1 Å². The zero-order valence-corrected chi connectivity index (χ0v) is 19.6. The number of anilines is 2. The molecule has 0 bridgehead atoms. The Kier molecular flexibility index (Phi) is 5.36. The van der Waals surface area contributed by atoms with Gasteiger partial charge in [0.1, 0.15) is 23.2 Å². The molecule has 3 aromatic rings. The smallest absolute Gasteiger partial charge is 0.260 e. The number of carbonyl (C=O) groups is 1. The molecule has 2 atom stereocenters. The van der Waals surface area contributed by atoms with Crippen molar-refractivity contribution >= 4 is 17.5 Å². The highest BCUT2D eigenvalue weighted by Gasteiger charge is 2.35. The summed E-state index contributed by atoms with van der Waals surface area (Å²) in [5, 5.41) is 8.49. The summed E-state index contributed by atoms with van der Waals surface area (Å²) in [6.45, 7) is 10.2. The van der Waals surface area contributed by atoms with Crippen molar-refractivity contribution in [3.05, 3.63) is 46.9 Å². The minimum Gasteiger partial charge on any atom is -0.354 e. The van der Waals surface area contributed by atoms with Gasteiger partial charge < -0.3 is 15.2 Å². The van der Waals surface area contributed by atoms with E-state index in [1.165, 1.54) is 0 Å². The average Bonchev–Trinajstić information content (AvgIpc) is 3.50. The summed E-state index contributed by atoms with van der Waals surface area (Å²) in [6, 6.07) is 7.73. The molecule has 0 aromatic carbocycles. The van der Waals surface area contributed by atoms with Crippen molar-refractivity contribution in [3.8, 4) is 11.5 Å². The maximum absolute atomic E-state index is 13.6. The molecule has 0 aliphatic carbocycles. The highest BCUT2D eigenvalue weighted by molar-refractivity contribution is 6.10. The molecule has 9 heteroatoms. The molecule has 0 saturated carbocycles. The Labute approximate surface area is 193 Å². The number of carbonyl (C=O) groups excluding carboxylic acids is 1. The second kappa shape index (κ2) is 8.22. The van der Waals surface area contributed by atoms with Crippen LogP contribution < -0.4 is 15.5 Å². The molecule has 2 N–H and O–H groups in total. The first-order valence-electron chi connectivity index (χ1n) is 11.6. The molecule has 5 rings (SSSR count). The fourth-order valence-electron chi connectivity index (χ4n) is 4.94. The third-order valence-electron chi connectivity index (χ3n) is 6.71. The van der Waals surface area contributed by atoms with E-state index in [2.05, 4.69) is 22.0 Å². The van der Waals surface area contributed by atoms with Crippen molar-refractivity contribution in [1.29, 1.82) is 0 Å². The van der Waals surface area contributed by atoms with Crippen molar-refractivity contribution in [2.24, 2.45) is 5.73 Å². The van der Waals surface area contributed by atoms with Crippen LogP contribution >= 0.6 is 0 Å². The molecule has 2 aliphatic heterocycles. The topological polar surface area (TPSA) is 106 Å². The van der Waals surface area contributed by atoms with Crippen LogP contribution in [0.1, 0.15) is 67.1 Å². The quantitative estimate of drug-likeness (QED) is 0.641. The van der Waals surface area contributed by atoms with Crippen molar-refractivity contribution in [2.75, 3.05) is 16.3 Å². The molecular weight excluding hydrogens is 416 g/mol. The normalized spacial score (nSPS) is 18.8. The van der Waals surface area contributed by atoms with Gasteiger partial charge in [-0.1, -0.05) is 6.07 Å². The van der Waals surface area contributed by atoms with E-state index in [0.717, 1.165) is 48.8 Å². The van der Waals surface area contributed by atoms with Gasteiger partial charge in [-0.15, -0.1) is 10.2 Å². The molecular formula is C24H30N8O. The van der Waals surface area contributed by atoms with Crippen molar-refractivity contribution in [1.82, 2.24) is 24.7 Å². The molecule has 1 saturated heterocycles. The van der Waals surface area contributed by atoms with E-state index in [-0.39, 0.29) is 11.9 Å². The van der Waals surface area contributed by atoms with Gasteiger partial charge in [0.05, 0.1) is 17.8 Å². The number of hydrogen-bond acceptors (Lipinski definition) is 7. The lowest BCUT2D eigenvalue weighted by atomic mass is 10.0. The number of aromatic nitrogens is 5. The van der Waals surface area contributed by atoms with Crippen LogP contribution in [0.3, 0.4) is 0 Å². The number of amides is 1. The Morgan fingerprint density at radius 2 is 2.03 bits per heavy atom. The maximum Gasteiger partial charge on any atom is 0.260 e. The number of nitrogens with two attached hydrogens (primary N) is 1. The highest BCUT2D eigenvalue weighted by Crippen LogP contribution is 2.35. The number of rotatable bonds is 5. The predicted octanol–water partition coefficient (Wildman–Crippen LogP) is 3.23. The Balaban J connectivity index is 1.53. The number of nitrogens with zero attached hydrogens (tertiary/aromatic N) is 7. The molecule has 3 aromatic heterocycles. The van der Waals surface area contributed by atoms with Gasteiger partial charge >= 0.3 is 0 Å². The molecule has 9 nitrogen and oxygen atoms in total. The van der Waals surface area contributed by atoms with E-state index in [1.807, 2.05) is 49.6 Å². The summed E-state index contributed by atoms with van der Waals surface area (Å²) in [6.07, 6.45) is 2.26. The van der Waals surface area contributed by atoms with Gasteiger partial charge in [-0.25, -0.2) is 9.97 Å². The number of fused-ring (bicyclic) bond motifs is 1. The summed E-state index contributed by atoms with van der Waals surface area (Å²) < 4.78 is 2.01. The summed E-state index contributed by atoms with van der Waals surface area (Å²) in [5.74, 6) is 2.89. The van der Waals surface area contributed by atoms with Gasteiger partial charge in [0.25, 0.3) is 5.91 Å². The van der Waals surface area contributed by atoms with Crippen molar-refractivity contribution < 1.29 is 4.79 Å². The zero-order chi connectivity index (χ0) is 23.3. The zero-order valence-electron chi connectivity index (χ0n) is 19.6. The number of aryl methyl sites for hydroxylation is 1. The first kappa shape index (κ1) is 21.5. The van der Waals surface area contributed by atoms with Crippen LogP contribution in [0, 0.1) is 6.92 Å². The number of hydrogen-bond donors (Lipinski definition) is 1. The van der Waals surface area contributed by atoms with E-state index >= 15 is 0 Å². The van der Waals surface area contributed by atoms with Crippen LogP contribution in [0.15, 0.2) is 24.3 Å². The van der Waals surface area contributed by atoms with Gasteiger partial charge in [0.15, 0.2) is 5.82 Å². The van der Waals surface area contributed by atoms with Gasteiger partial charge in [-0.2, -0.15) is 0 Å². The summed E-state index contributed by atoms with van der Waals surface area (Å²) in [7, 11) is 0. The first-order valence-corrected chi connectivity index (χ1v) is 11.6. The van der Waals surface area contributed by atoms with Crippen LogP contribution in [0.5, 0.6) is 0 Å². The molecule has 0 unspecified atom stereocenters. The lowest BCUT2D eigenvalue weighted by Gasteiger charge is -2.24. The van der Waals surface area contributed by atoms with Gasteiger partial charge in [-0.05, 0) is 58.7 Å². The molecule has 2 aliphatic rings. The molecule has 1 fully saturated rings. The van der Waals surface area contributed by atoms with Crippen LogP contribution in [0.25, 0.3) is 11.5 Å². The van der Waals surface area contributed by atoms with Gasteiger partial charge in [0, 0.05) is 30.7 Å². The molecule has 0 spiro atoms. The third-order valence-corrected chi connectivity index (χ3v) is 6.71. The van der Waals surface area contributed by atoms with E-state index in [4.69, 9.17) is 15.7 Å². The van der Waals surface area contributed by atoms with Crippen LogP contribution in [0.4, 0.5) is 11.6 Å². The van der Waals surface area contributed by atoms with Gasteiger partial charge in [-0.3, -0.25) is 9.69 Å². The van der Waals surface area contributed by atoms with E-state index in [9.17, 15) is 4.79 Å². The lowest BCUT2D eigenvalue weighted by Crippen LogP contribution is -2.28. The van der Waals surface area contributed by atoms with E-state index in [1.54, 1.807) is 4.90 Å². The first-order chi connectivity index (χ1) is 15.9. The molecule has 5 heterocycles. The van der Waals surface area contributed by atoms with E-state index in [0.29, 0.717) is 35.5 Å². The maximum atomic E-state index is 13.6. The lowest BCUT2D eigenvalue weighted by molar-refractivity contribution is 0.0996. The largest absolute Gasteiger partial charge is 0.354 e. The molecule has 33 heavy (non-hydrogen) atoms. The monoisotopic (exact) mass is 446 g/mol. The fourth-order valence-corrected chi connectivity index (χ4v) is 4.94. The highest BCUT2D eigenvalue weighted by atomic mass is 16.2. The molecule has 172 valence electrons. The third kappa shape index (κ3) is 3.56. The second-order valence-corrected chi connectivity index (χ2v) is 8.95. The number of pyridine rings is 2. The summed E-state index contributed by atoms with van der Waals surface area (Å²) in [5.41, 5.74) is 9.35. The minimum atomic E-state index is -0.269. The second-order valence-electron chi connectivity index (χ2n) is 8.95. The summed E-state index contributed by atoms with van der Waals surface area (Å²) in [4.78, 5) is 27.2. The Morgan fingerprint density at radius 1 is 1.21 bits per heavy atom. The SMILES string of the molecule is CCn1c(C)nnc1-c1cccc(N2Cc3c(cc(N4CCC[C@H]4C)nc3[C@H](C)N)C2=O)n1.